The molecule has 0 fully saturated rings. The fraction of sp³-hybridized carbons (Fsp3) is 0. The lowest BCUT2D eigenvalue weighted by Crippen LogP contribution is -1.82. The minimum Gasteiger partial charge on any atom is -0.264 e. The van der Waals surface area contributed by atoms with Gasteiger partial charge in [-0.1, -0.05) is 0 Å². The van der Waals surface area contributed by atoms with Crippen LogP contribution in [0.1, 0.15) is 0 Å². The zero-order valence-corrected chi connectivity index (χ0v) is 9.13. The molecule has 0 aliphatic heterocycles. The first-order valence-corrected chi connectivity index (χ1v) is 4.91. The van der Waals surface area contributed by atoms with E-state index in [9.17, 15) is 0 Å². The lowest BCUT2D eigenvalue weighted by molar-refractivity contribution is 1.31. The van der Waals surface area contributed by atoms with Crippen molar-refractivity contribution < 1.29 is 0 Å². The molecule has 2 rings (SSSR count). The van der Waals surface area contributed by atoms with Crippen LogP contribution in [-0.4, -0.2) is 9.97 Å². The van der Waals surface area contributed by atoms with E-state index in [2.05, 4.69) is 41.8 Å². The Bertz CT molecular complexity index is 428. The number of aromatic nitrogens is 2. The van der Waals surface area contributed by atoms with E-state index >= 15 is 0 Å². The molecule has 0 bridgehead atoms. The maximum atomic E-state index is 4.22. The fourth-order valence-electron chi connectivity index (χ4n) is 0.980. The molecule has 12 heavy (non-hydrogen) atoms. The van der Waals surface area contributed by atoms with Crippen molar-refractivity contribution >= 4 is 42.8 Å². The van der Waals surface area contributed by atoms with Crippen LogP contribution in [0.4, 0.5) is 0 Å². The normalized spacial score (nSPS) is 10.5. The van der Waals surface area contributed by atoms with Gasteiger partial charge in [0.25, 0.3) is 0 Å². The summed E-state index contributed by atoms with van der Waals surface area (Å²) < 4.78 is 1.95. The molecule has 2 nitrogen and oxygen atoms in total. The van der Waals surface area contributed by atoms with Gasteiger partial charge in [-0.05, 0) is 37.9 Å². The van der Waals surface area contributed by atoms with Gasteiger partial charge in [0.2, 0.25) is 0 Å². The van der Waals surface area contributed by atoms with Crippen LogP contribution in [0.15, 0.2) is 33.6 Å². The molecule has 60 valence electrons. The van der Waals surface area contributed by atoms with E-state index in [0.29, 0.717) is 0 Å². The van der Waals surface area contributed by atoms with Crippen LogP contribution in [0.25, 0.3) is 10.9 Å². The van der Waals surface area contributed by atoms with E-state index < -0.39 is 0 Å². The molecule has 2 aromatic rings. The van der Waals surface area contributed by atoms with E-state index in [1.807, 2.05) is 6.07 Å². The highest BCUT2D eigenvalue weighted by Gasteiger charge is 2.02. The summed E-state index contributed by atoms with van der Waals surface area (Å²) in [6.45, 7) is 0. The molecule has 0 saturated carbocycles. The molecule has 4 heteroatoms. The lowest BCUT2D eigenvalue weighted by Gasteiger charge is -1.99. The molecule has 0 atom stereocenters. The van der Waals surface area contributed by atoms with Gasteiger partial charge in [0.05, 0.1) is 9.99 Å². The van der Waals surface area contributed by atoms with Gasteiger partial charge < -0.3 is 0 Å². The highest BCUT2D eigenvalue weighted by Crippen LogP contribution is 2.28. The van der Waals surface area contributed by atoms with E-state index in [4.69, 9.17) is 0 Å². The topological polar surface area (TPSA) is 25.8 Å². The van der Waals surface area contributed by atoms with E-state index in [1.165, 1.54) is 0 Å². The number of nitrogens with zero attached hydrogens (tertiary/aromatic N) is 2. The number of pyridine rings is 2. The fourth-order valence-corrected chi connectivity index (χ4v) is 1.70. The third-order valence-electron chi connectivity index (χ3n) is 1.56. The van der Waals surface area contributed by atoms with Gasteiger partial charge >= 0.3 is 0 Å². The molecule has 0 N–H and O–H groups in total. The van der Waals surface area contributed by atoms with Crippen LogP contribution >= 0.6 is 31.9 Å². The summed E-state index contributed by atoms with van der Waals surface area (Å²) in [5, 5.41) is 1.02. The van der Waals surface area contributed by atoms with Crippen molar-refractivity contribution in [2.24, 2.45) is 0 Å². The summed E-state index contributed by atoms with van der Waals surface area (Å²) in [6, 6.07) is 1.88. The van der Waals surface area contributed by atoms with Crippen LogP contribution in [0.3, 0.4) is 0 Å². The lowest BCUT2D eigenvalue weighted by atomic mass is 10.3. The van der Waals surface area contributed by atoms with Crippen molar-refractivity contribution in [2.75, 3.05) is 0 Å². The molecule has 0 aromatic carbocycles. The minimum absolute atomic E-state index is 0.945. The second-order valence-corrected chi connectivity index (χ2v) is 3.96. The standard InChI is InChI=1S/C8H4Br2N2/c9-6-4-12-7-1-2-11-3-5(7)8(6)10/h1-4H. The summed E-state index contributed by atoms with van der Waals surface area (Å²) in [7, 11) is 0. The molecule has 2 heterocycles. The average molecular weight is 288 g/mol. The monoisotopic (exact) mass is 286 g/mol. The van der Waals surface area contributed by atoms with Crippen LogP contribution in [0, 0.1) is 0 Å². The summed E-state index contributed by atoms with van der Waals surface area (Å²) in [6.07, 6.45) is 5.29. The number of hydrogen-bond acceptors (Lipinski definition) is 2. The third-order valence-corrected chi connectivity index (χ3v) is 3.55. The Morgan fingerprint density at radius 2 is 2.00 bits per heavy atom. The van der Waals surface area contributed by atoms with Gasteiger partial charge in [-0.15, -0.1) is 0 Å². The SMILES string of the molecule is Brc1cnc2ccncc2c1Br. The molecule has 0 unspecified atom stereocenters. The maximum Gasteiger partial charge on any atom is 0.0745 e. The maximum absolute atomic E-state index is 4.22. The average Bonchev–Trinajstić information content (AvgIpc) is 2.12. The smallest absolute Gasteiger partial charge is 0.0745 e. The van der Waals surface area contributed by atoms with Crippen molar-refractivity contribution in [3.63, 3.8) is 0 Å². The van der Waals surface area contributed by atoms with Gasteiger partial charge in [0.1, 0.15) is 0 Å². The highest BCUT2D eigenvalue weighted by atomic mass is 79.9. The van der Waals surface area contributed by atoms with Gasteiger partial charge in [-0.3, -0.25) is 9.97 Å². The van der Waals surface area contributed by atoms with Gasteiger partial charge in [0, 0.05) is 28.4 Å². The molecular weight excluding hydrogens is 284 g/mol. The Morgan fingerprint density at radius 3 is 2.83 bits per heavy atom. The van der Waals surface area contributed by atoms with E-state index in [1.54, 1.807) is 18.6 Å². The number of fused-ring (bicyclic) bond motifs is 1. The second-order valence-electron chi connectivity index (χ2n) is 2.31. The van der Waals surface area contributed by atoms with Crippen LogP contribution in [-0.2, 0) is 0 Å². The molecule has 2 aromatic heterocycles. The van der Waals surface area contributed by atoms with Crippen LogP contribution in [0.5, 0.6) is 0 Å². The van der Waals surface area contributed by atoms with Crippen molar-refractivity contribution in [3.05, 3.63) is 33.6 Å². The number of hydrogen-bond donors (Lipinski definition) is 0. The second kappa shape index (κ2) is 3.11. The molecular formula is C8H4Br2N2. The molecule has 0 spiro atoms. The summed E-state index contributed by atoms with van der Waals surface area (Å²) >= 11 is 6.83. The van der Waals surface area contributed by atoms with Gasteiger partial charge in [-0.25, -0.2) is 0 Å². The molecule has 0 radical (unpaired) electrons. The van der Waals surface area contributed by atoms with E-state index in [0.717, 1.165) is 19.8 Å². The van der Waals surface area contributed by atoms with Crippen molar-refractivity contribution in [2.45, 2.75) is 0 Å². The van der Waals surface area contributed by atoms with E-state index in [-0.39, 0.29) is 0 Å². The van der Waals surface area contributed by atoms with Gasteiger partial charge in [0.15, 0.2) is 0 Å². The molecule has 0 saturated heterocycles. The van der Waals surface area contributed by atoms with Crippen molar-refractivity contribution in [1.82, 2.24) is 9.97 Å². The Morgan fingerprint density at radius 1 is 1.17 bits per heavy atom. The number of rotatable bonds is 0. The van der Waals surface area contributed by atoms with Crippen molar-refractivity contribution in [3.8, 4) is 0 Å². The first-order chi connectivity index (χ1) is 5.79. The molecule has 0 amide bonds. The Balaban J connectivity index is 2.91. The van der Waals surface area contributed by atoms with Crippen molar-refractivity contribution in [1.29, 1.82) is 0 Å². The third kappa shape index (κ3) is 1.25. The molecule has 0 aliphatic carbocycles. The quantitative estimate of drug-likeness (QED) is 0.744. The first kappa shape index (κ1) is 8.13. The Labute approximate surface area is 86.3 Å². The summed E-state index contributed by atoms with van der Waals surface area (Å²) in [4.78, 5) is 8.25. The zero-order chi connectivity index (χ0) is 8.55. The predicted molar refractivity (Wildman–Crippen MR) is 54.9 cm³/mol. The zero-order valence-electron chi connectivity index (χ0n) is 5.96. The summed E-state index contributed by atoms with van der Waals surface area (Å²) in [5.41, 5.74) is 0.945. The minimum atomic E-state index is 0.945. The van der Waals surface area contributed by atoms with Crippen LogP contribution < -0.4 is 0 Å². The number of halogens is 2. The first-order valence-electron chi connectivity index (χ1n) is 3.33. The Kier molecular flexibility index (Phi) is 2.11. The highest BCUT2D eigenvalue weighted by molar-refractivity contribution is 9.13. The summed E-state index contributed by atoms with van der Waals surface area (Å²) in [5.74, 6) is 0. The van der Waals surface area contributed by atoms with Crippen LogP contribution in [0.2, 0.25) is 0 Å². The Hall–Kier alpha value is -0.480. The predicted octanol–water partition coefficient (Wildman–Crippen LogP) is 3.15. The van der Waals surface area contributed by atoms with Gasteiger partial charge in [-0.2, -0.15) is 0 Å². The molecule has 0 aliphatic rings. The largest absolute Gasteiger partial charge is 0.264 e.